The van der Waals surface area contributed by atoms with Crippen molar-refractivity contribution in [3.63, 3.8) is 0 Å². The summed E-state index contributed by atoms with van der Waals surface area (Å²) in [5.74, 6) is -1.23. The molecule has 7 nitrogen and oxygen atoms in total. The number of amides is 3. The van der Waals surface area contributed by atoms with Crippen molar-refractivity contribution in [2.75, 3.05) is 7.05 Å². The second-order valence-corrected chi connectivity index (χ2v) is 4.47. The molecule has 0 aliphatic carbocycles. The zero-order valence-electron chi connectivity index (χ0n) is 10.1. The van der Waals surface area contributed by atoms with Crippen molar-refractivity contribution >= 4 is 29.3 Å². The van der Waals surface area contributed by atoms with Crippen LogP contribution in [-0.4, -0.2) is 45.7 Å². The van der Waals surface area contributed by atoms with Crippen LogP contribution in [-0.2, 0) is 9.59 Å². The van der Waals surface area contributed by atoms with E-state index in [9.17, 15) is 14.4 Å². The molecule has 2 heterocycles. The number of halogens is 1. The smallest absolute Gasteiger partial charge is 0.272 e. The molecule has 3 amide bonds. The lowest BCUT2D eigenvalue weighted by atomic mass is 10.0. The Bertz CT molecular complexity index is 548. The van der Waals surface area contributed by atoms with Gasteiger partial charge in [0, 0.05) is 13.5 Å². The molecule has 1 N–H and O–H groups in total. The van der Waals surface area contributed by atoms with Crippen molar-refractivity contribution in [2.24, 2.45) is 0 Å². The molecule has 0 bridgehead atoms. The number of likely N-dealkylation sites (tertiary alicyclic amines) is 1. The topological polar surface area (TPSA) is 92.3 Å². The van der Waals surface area contributed by atoms with E-state index in [-0.39, 0.29) is 29.6 Å². The van der Waals surface area contributed by atoms with Crippen LogP contribution in [0.4, 0.5) is 0 Å². The van der Waals surface area contributed by atoms with Gasteiger partial charge in [0.25, 0.3) is 11.8 Å². The van der Waals surface area contributed by atoms with Gasteiger partial charge in [0.2, 0.25) is 5.91 Å². The highest BCUT2D eigenvalue weighted by Gasteiger charge is 2.33. The fraction of sp³-hybridized carbons (Fsp3) is 0.364. The number of likely N-dealkylation sites (N-methyl/N-ethyl adjacent to an activating group) is 1. The SMILES string of the molecule is CN1C(=O)CCC(NC(=O)c2cncc(Cl)n2)C1=O. The van der Waals surface area contributed by atoms with Crippen molar-refractivity contribution in [1.82, 2.24) is 20.2 Å². The number of rotatable bonds is 2. The molecule has 19 heavy (non-hydrogen) atoms. The molecule has 1 atom stereocenters. The highest BCUT2D eigenvalue weighted by atomic mass is 35.5. The fourth-order valence-corrected chi connectivity index (χ4v) is 1.88. The molecule has 1 aliphatic heterocycles. The average Bonchev–Trinajstić information content (AvgIpc) is 2.39. The second-order valence-electron chi connectivity index (χ2n) is 4.08. The van der Waals surface area contributed by atoms with Gasteiger partial charge in [-0.15, -0.1) is 0 Å². The zero-order chi connectivity index (χ0) is 14.0. The number of hydrogen-bond acceptors (Lipinski definition) is 5. The van der Waals surface area contributed by atoms with Crippen LogP contribution >= 0.6 is 11.6 Å². The van der Waals surface area contributed by atoms with Crippen LogP contribution in [0.3, 0.4) is 0 Å². The molecule has 1 unspecified atom stereocenters. The van der Waals surface area contributed by atoms with Crippen LogP contribution < -0.4 is 5.32 Å². The number of imide groups is 1. The number of hydrogen-bond donors (Lipinski definition) is 1. The molecule has 0 saturated carbocycles. The first-order valence-electron chi connectivity index (χ1n) is 5.58. The molecular formula is C11H11ClN4O3. The summed E-state index contributed by atoms with van der Waals surface area (Å²) in [5, 5.41) is 2.61. The molecular weight excluding hydrogens is 272 g/mol. The van der Waals surface area contributed by atoms with E-state index < -0.39 is 17.9 Å². The highest BCUT2D eigenvalue weighted by Crippen LogP contribution is 2.12. The highest BCUT2D eigenvalue weighted by molar-refractivity contribution is 6.29. The Morgan fingerprint density at radius 3 is 2.89 bits per heavy atom. The van der Waals surface area contributed by atoms with Crippen molar-refractivity contribution in [1.29, 1.82) is 0 Å². The summed E-state index contributed by atoms with van der Waals surface area (Å²) in [7, 11) is 1.39. The molecule has 1 saturated heterocycles. The number of carbonyl (C=O) groups is 3. The summed E-state index contributed by atoms with van der Waals surface area (Å²) in [6.45, 7) is 0. The molecule has 1 aliphatic rings. The van der Waals surface area contributed by atoms with Gasteiger partial charge in [-0.25, -0.2) is 4.98 Å². The first-order chi connectivity index (χ1) is 8.99. The van der Waals surface area contributed by atoms with Crippen LogP contribution in [0.1, 0.15) is 23.3 Å². The van der Waals surface area contributed by atoms with Gasteiger partial charge in [-0.1, -0.05) is 11.6 Å². The predicted octanol–water partition coefficient (Wildman–Crippen LogP) is 0.00720. The maximum Gasteiger partial charge on any atom is 0.272 e. The maximum absolute atomic E-state index is 11.9. The predicted molar refractivity (Wildman–Crippen MR) is 65.3 cm³/mol. The van der Waals surface area contributed by atoms with E-state index in [2.05, 4.69) is 15.3 Å². The van der Waals surface area contributed by atoms with Gasteiger partial charge >= 0.3 is 0 Å². The van der Waals surface area contributed by atoms with Gasteiger partial charge in [0.05, 0.1) is 12.4 Å². The van der Waals surface area contributed by atoms with E-state index in [1.165, 1.54) is 19.4 Å². The summed E-state index contributed by atoms with van der Waals surface area (Å²) in [6, 6.07) is -0.726. The molecule has 2 rings (SSSR count). The monoisotopic (exact) mass is 282 g/mol. The van der Waals surface area contributed by atoms with Gasteiger partial charge in [-0.2, -0.15) is 0 Å². The first kappa shape index (κ1) is 13.4. The van der Waals surface area contributed by atoms with Crippen molar-refractivity contribution < 1.29 is 14.4 Å². The van der Waals surface area contributed by atoms with Crippen LogP contribution in [0.15, 0.2) is 12.4 Å². The number of piperidine rings is 1. The lowest BCUT2D eigenvalue weighted by Gasteiger charge is -2.27. The molecule has 1 aromatic rings. The Labute approximate surface area is 114 Å². The van der Waals surface area contributed by atoms with Gasteiger partial charge in [-0.05, 0) is 6.42 Å². The summed E-state index contributed by atoms with van der Waals surface area (Å²) in [5.41, 5.74) is 0.0276. The standard InChI is InChI=1S/C11H11ClN4O3/c1-16-9(17)3-2-6(11(16)19)15-10(18)7-4-13-5-8(12)14-7/h4-6H,2-3H2,1H3,(H,15,18). The number of aromatic nitrogens is 2. The largest absolute Gasteiger partial charge is 0.339 e. The second kappa shape index (κ2) is 5.31. The maximum atomic E-state index is 11.9. The third-order valence-corrected chi connectivity index (χ3v) is 2.97. The van der Waals surface area contributed by atoms with Crippen LogP contribution in [0.5, 0.6) is 0 Å². The fourth-order valence-electron chi connectivity index (χ4n) is 1.73. The lowest BCUT2D eigenvalue weighted by molar-refractivity contribution is -0.147. The van der Waals surface area contributed by atoms with Crippen molar-refractivity contribution in [3.8, 4) is 0 Å². The molecule has 8 heteroatoms. The Balaban J connectivity index is 2.07. The Morgan fingerprint density at radius 1 is 1.47 bits per heavy atom. The summed E-state index contributed by atoms with van der Waals surface area (Å²) in [6.07, 6.45) is 3.05. The molecule has 0 spiro atoms. The Morgan fingerprint density at radius 2 is 2.21 bits per heavy atom. The summed E-state index contributed by atoms with van der Waals surface area (Å²) < 4.78 is 0. The van der Waals surface area contributed by atoms with Gasteiger partial charge in [0.15, 0.2) is 0 Å². The van der Waals surface area contributed by atoms with Gasteiger partial charge in [-0.3, -0.25) is 24.3 Å². The van der Waals surface area contributed by atoms with E-state index in [1.807, 2.05) is 0 Å². The zero-order valence-corrected chi connectivity index (χ0v) is 10.8. The number of nitrogens with one attached hydrogen (secondary N) is 1. The van der Waals surface area contributed by atoms with Crippen molar-refractivity contribution in [2.45, 2.75) is 18.9 Å². The Hall–Kier alpha value is -2.02. The third kappa shape index (κ3) is 2.87. The van der Waals surface area contributed by atoms with Gasteiger partial charge < -0.3 is 5.32 Å². The van der Waals surface area contributed by atoms with Crippen molar-refractivity contribution in [3.05, 3.63) is 23.2 Å². The van der Waals surface area contributed by atoms with Gasteiger partial charge in [0.1, 0.15) is 16.9 Å². The first-order valence-corrected chi connectivity index (χ1v) is 5.95. The van der Waals surface area contributed by atoms with Crippen LogP contribution in [0, 0.1) is 0 Å². The molecule has 1 aromatic heterocycles. The summed E-state index contributed by atoms with van der Waals surface area (Å²) in [4.78, 5) is 43.5. The summed E-state index contributed by atoms with van der Waals surface area (Å²) >= 11 is 5.63. The lowest BCUT2D eigenvalue weighted by Crippen LogP contribution is -2.53. The van der Waals surface area contributed by atoms with E-state index >= 15 is 0 Å². The molecule has 1 fully saturated rings. The minimum absolute atomic E-state index is 0.0276. The quantitative estimate of drug-likeness (QED) is 0.771. The number of nitrogens with zero attached hydrogens (tertiary/aromatic N) is 3. The van der Waals surface area contributed by atoms with E-state index in [4.69, 9.17) is 11.6 Å². The molecule has 0 radical (unpaired) electrons. The minimum atomic E-state index is -0.726. The van der Waals surface area contributed by atoms with E-state index in [1.54, 1.807) is 0 Å². The number of carbonyl (C=O) groups excluding carboxylic acids is 3. The molecule has 0 aromatic carbocycles. The Kier molecular flexibility index (Phi) is 3.75. The molecule has 100 valence electrons. The van der Waals surface area contributed by atoms with E-state index in [0.29, 0.717) is 0 Å². The average molecular weight is 283 g/mol. The third-order valence-electron chi connectivity index (χ3n) is 2.79. The van der Waals surface area contributed by atoms with Crippen LogP contribution in [0.2, 0.25) is 5.15 Å². The minimum Gasteiger partial charge on any atom is -0.339 e. The normalized spacial score (nSPS) is 19.5. The van der Waals surface area contributed by atoms with Crippen LogP contribution in [0.25, 0.3) is 0 Å². The van der Waals surface area contributed by atoms with E-state index in [0.717, 1.165) is 4.90 Å².